The van der Waals surface area contributed by atoms with Gasteiger partial charge in [-0.1, -0.05) is 7.87 Å². The van der Waals surface area contributed by atoms with Gasteiger partial charge >= 0.3 is 0 Å². The summed E-state index contributed by atoms with van der Waals surface area (Å²) in [6, 6.07) is 0. The first-order valence-corrected chi connectivity index (χ1v) is 12.2. The minimum Gasteiger partial charge on any atom is -0.0918 e. The summed E-state index contributed by atoms with van der Waals surface area (Å²) in [7, 11) is 10.9. The third-order valence-corrected chi connectivity index (χ3v) is 17.2. The lowest BCUT2D eigenvalue weighted by Crippen LogP contribution is -1.25. The molecule has 2 aromatic heterocycles. The van der Waals surface area contributed by atoms with Crippen LogP contribution in [-0.4, -0.2) is 0 Å². The Balaban J connectivity index is 2.95. The van der Waals surface area contributed by atoms with Crippen molar-refractivity contribution in [3.05, 3.63) is 0 Å². The quantitative estimate of drug-likeness (QED) is 0.504. The van der Waals surface area contributed by atoms with Crippen LogP contribution in [0.25, 0.3) is 9.70 Å². The Morgan fingerprint density at radius 3 is 2.78 bits per heavy atom. The Hall–Kier alpha value is 1.84. The van der Waals surface area contributed by atoms with Crippen molar-refractivity contribution in [1.82, 2.24) is 0 Å². The molecule has 0 spiro atoms. The fraction of sp³-hybridized carbons (Fsp3) is 0. The molecule has 0 aliphatic carbocycles. The van der Waals surface area contributed by atoms with Crippen LogP contribution in [-0.2, 0) is 0 Å². The molecule has 2 rings (SSSR count). The van der Waals surface area contributed by atoms with E-state index in [1.807, 2.05) is 0 Å². The number of hydrogen-bond donors (Lipinski definition) is 0. The fourth-order valence-electron chi connectivity index (χ4n) is 0.479. The summed E-state index contributed by atoms with van der Waals surface area (Å²) < 4.78 is 0. The van der Waals surface area contributed by atoms with E-state index in [2.05, 4.69) is 0 Å². The summed E-state index contributed by atoms with van der Waals surface area (Å²) in [6.45, 7) is 0. The summed E-state index contributed by atoms with van der Waals surface area (Å²) in [4.78, 5) is 3.53. The van der Waals surface area contributed by atoms with Crippen LogP contribution in [0.4, 0.5) is 0 Å². The van der Waals surface area contributed by atoms with Crippen molar-refractivity contribution in [3.8, 4) is 0 Å². The third kappa shape index (κ3) is 1.70. The maximum Gasteiger partial charge on any atom is 0.0550 e. The standard InChI is InChI=1S/C2HP7/c3-1-2(4-7-3)6-9-8-5-1/h3H. The first-order chi connectivity index (χ1) is 4.47. The van der Waals surface area contributed by atoms with Crippen LogP contribution < -0.4 is 0 Å². The highest BCUT2D eigenvalue weighted by Gasteiger charge is 1.91. The smallest absolute Gasteiger partial charge is 0.0550 e. The zero-order valence-electron chi connectivity index (χ0n) is 4.18. The van der Waals surface area contributed by atoms with E-state index in [-0.39, 0.29) is 0 Å². The van der Waals surface area contributed by atoms with E-state index in [0.29, 0.717) is 0 Å². The van der Waals surface area contributed by atoms with E-state index in [0.717, 1.165) is 7.87 Å². The molecule has 0 N–H and O–H groups in total. The first-order valence-electron chi connectivity index (χ1n) is 2.19. The second-order valence-corrected chi connectivity index (χ2v) is 14.5. The predicted molar refractivity (Wildman–Crippen MR) is 58.5 cm³/mol. The van der Waals surface area contributed by atoms with Crippen molar-refractivity contribution in [2.24, 2.45) is 0 Å². The molecule has 0 aromatic carbocycles. The molecule has 7 heteroatoms. The van der Waals surface area contributed by atoms with Crippen LogP contribution in [0.5, 0.6) is 0 Å². The molecule has 0 aliphatic heterocycles. The Kier molecular flexibility index (Phi) is 2.90. The van der Waals surface area contributed by atoms with Gasteiger partial charge in [0.05, 0.1) is 4.85 Å². The minimum atomic E-state index is 1.15. The van der Waals surface area contributed by atoms with Crippen LogP contribution in [0.1, 0.15) is 0 Å². The van der Waals surface area contributed by atoms with Gasteiger partial charge in [-0.05, 0) is 46.2 Å². The van der Waals surface area contributed by atoms with Crippen molar-refractivity contribution in [3.63, 3.8) is 0 Å². The van der Waals surface area contributed by atoms with E-state index in [4.69, 9.17) is 0 Å². The van der Waals surface area contributed by atoms with E-state index < -0.39 is 0 Å². The molecule has 0 saturated heterocycles. The van der Waals surface area contributed by atoms with Gasteiger partial charge in [-0.2, -0.15) is 0 Å². The summed E-state index contributed by atoms with van der Waals surface area (Å²) in [5.41, 5.74) is 0. The largest absolute Gasteiger partial charge is 0.0918 e. The van der Waals surface area contributed by atoms with Gasteiger partial charge in [-0.25, -0.2) is 0 Å². The van der Waals surface area contributed by atoms with Gasteiger partial charge in [0, 0.05) is 4.85 Å². The molecule has 0 saturated carbocycles. The van der Waals surface area contributed by atoms with Gasteiger partial charge in [0.1, 0.15) is 0 Å². The van der Waals surface area contributed by atoms with Crippen molar-refractivity contribution < 1.29 is 0 Å². The minimum absolute atomic E-state index is 1.15. The van der Waals surface area contributed by atoms with Gasteiger partial charge in [0.2, 0.25) is 0 Å². The Morgan fingerprint density at radius 2 is 1.89 bits per heavy atom. The van der Waals surface area contributed by atoms with Crippen LogP contribution in [0.3, 0.4) is 0 Å². The summed E-state index contributed by atoms with van der Waals surface area (Å²) in [5, 5.41) is 0. The highest BCUT2D eigenvalue weighted by molar-refractivity contribution is 8.36. The van der Waals surface area contributed by atoms with E-state index in [1.165, 1.54) is 0 Å². The maximum atomic E-state index is 1.78. The zero-order valence-corrected chi connectivity index (χ0v) is 10.5. The first kappa shape index (κ1) is 7.49. The van der Waals surface area contributed by atoms with Crippen molar-refractivity contribution >= 4 is 63.8 Å². The molecule has 0 fully saturated rings. The molecule has 0 bridgehead atoms. The summed E-state index contributed by atoms with van der Waals surface area (Å²) in [5.74, 6) is 0. The SMILES string of the molecule is p1ppc2[pH]ppc2p1. The lowest BCUT2D eigenvalue weighted by molar-refractivity contribution is 3.16. The van der Waals surface area contributed by atoms with E-state index >= 15 is 0 Å². The molecule has 1 unspecified atom stereocenters. The van der Waals surface area contributed by atoms with Gasteiger partial charge in [-0.15, -0.1) is 0 Å². The molecule has 2 aromatic rings. The monoisotopic (exact) mass is 242 g/mol. The maximum absolute atomic E-state index is 1.78. The van der Waals surface area contributed by atoms with Crippen molar-refractivity contribution in [1.29, 1.82) is 0 Å². The Morgan fingerprint density at radius 1 is 1.00 bits per heavy atom. The molecule has 0 aliphatic rings. The zero-order chi connectivity index (χ0) is 6.10. The van der Waals surface area contributed by atoms with Crippen LogP contribution in [0, 0.1) is 0 Å². The normalized spacial score (nSPS) is 16.4. The van der Waals surface area contributed by atoms with Gasteiger partial charge in [0.25, 0.3) is 0 Å². The molecule has 0 radical (unpaired) electrons. The number of hydrogen-bond acceptors (Lipinski definition) is 0. The number of rotatable bonds is 0. The molecular formula is C2HP7. The average molecular weight is 242 g/mol. The second kappa shape index (κ2) is 3.49. The highest BCUT2D eigenvalue weighted by Crippen LogP contribution is 2.56. The second-order valence-electron chi connectivity index (χ2n) is 1.36. The number of fused-ring (bicyclic) bond motifs is 1. The fourth-order valence-corrected chi connectivity index (χ4v) is 22.1. The molecule has 0 nitrogen and oxygen atoms in total. The Labute approximate surface area is 64.0 Å². The predicted octanol–water partition coefficient (Wildman–Crippen LogP) is 6.35. The third-order valence-electron chi connectivity index (χ3n) is 0.837. The molecule has 2 heterocycles. The summed E-state index contributed by atoms with van der Waals surface area (Å²) in [6.07, 6.45) is 0. The molecule has 0 amide bonds. The van der Waals surface area contributed by atoms with E-state index in [1.54, 1.807) is 55.9 Å². The molecule has 44 valence electrons. The lowest BCUT2D eigenvalue weighted by atomic mass is 11.1. The van der Waals surface area contributed by atoms with Gasteiger partial charge in [-0.3, -0.25) is 0 Å². The van der Waals surface area contributed by atoms with Crippen molar-refractivity contribution in [2.45, 2.75) is 0 Å². The van der Waals surface area contributed by atoms with Crippen LogP contribution in [0.15, 0.2) is 0 Å². The molecule has 1 atom stereocenters. The topological polar surface area (TPSA) is 0 Å². The molecular weight excluding hydrogens is 241 g/mol. The van der Waals surface area contributed by atoms with E-state index in [9.17, 15) is 0 Å². The Bertz CT molecular complexity index is 281. The van der Waals surface area contributed by atoms with Gasteiger partial charge in [0.15, 0.2) is 0 Å². The lowest BCUT2D eigenvalue weighted by Gasteiger charge is -1.78. The molecule has 9 heavy (non-hydrogen) atoms. The summed E-state index contributed by atoms with van der Waals surface area (Å²) >= 11 is 0. The van der Waals surface area contributed by atoms with Crippen molar-refractivity contribution in [2.75, 3.05) is 0 Å². The van der Waals surface area contributed by atoms with Crippen LogP contribution >= 0.6 is 54.1 Å². The average Bonchev–Trinajstić information content (AvgIpc) is 2.33. The van der Waals surface area contributed by atoms with Gasteiger partial charge < -0.3 is 0 Å². The highest BCUT2D eigenvalue weighted by atomic mass is 32.3. The van der Waals surface area contributed by atoms with Crippen LogP contribution in [0.2, 0.25) is 0 Å².